The average Bonchev–Trinajstić information content (AvgIpc) is 2.91. The van der Waals surface area contributed by atoms with Gasteiger partial charge in [0.1, 0.15) is 5.54 Å². The predicted octanol–water partition coefficient (Wildman–Crippen LogP) is 1.92. The lowest BCUT2D eigenvalue weighted by molar-refractivity contribution is -0.133. The largest absolute Gasteiger partial charge is 0.494 e. The first-order valence-corrected chi connectivity index (χ1v) is 9.30. The van der Waals surface area contributed by atoms with E-state index in [4.69, 9.17) is 4.74 Å². The van der Waals surface area contributed by atoms with Gasteiger partial charge in [-0.05, 0) is 18.4 Å². The monoisotopic (exact) mass is 381 g/mol. The van der Waals surface area contributed by atoms with Gasteiger partial charge in [-0.3, -0.25) is 9.69 Å². The number of piperidine rings is 1. The molecule has 0 atom stereocenters. The fraction of sp³-hybridized carbons (Fsp3) is 0.400. The predicted molar refractivity (Wildman–Crippen MR) is 103 cm³/mol. The molecular formula is C20H23N5O3. The van der Waals surface area contributed by atoms with Gasteiger partial charge < -0.3 is 14.5 Å². The molecular weight excluding hydrogens is 358 g/mol. The molecule has 3 heterocycles. The second-order valence-corrected chi connectivity index (χ2v) is 7.16. The maximum absolute atomic E-state index is 13.0. The molecule has 0 aliphatic carbocycles. The second kappa shape index (κ2) is 7.10. The lowest BCUT2D eigenvalue weighted by Crippen LogP contribution is -2.56. The minimum absolute atomic E-state index is 0.122. The Bertz CT molecular complexity index is 863. The van der Waals surface area contributed by atoms with E-state index >= 15 is 0 Å². The summed E-state index contributed by atoms with van der Waals surface area (Å²) in [6, 6.07) is 9.54. The molecule has 2 aliphatic heterocycles. The molecule has 0 bridgehead atoms. The zero-order valence-corrected chi connectivity index (χ0v) is 16.0. The number of likely N-dealkylation sites (N-methyl/N-ethyl adjacent to an activating group) is 1. The van der Waals surface area contributed by atoms with Gasteiger partial charge in [0.15, 0.2) is 5.75 Å². The molecule has 0 unspecified atom stereocenters. The van der Waals surface area contributed by atoms with Gasteiger partial charge in [0.25, 0.3) is 5.91 Å². The van der Waals surface area contributed by atoms with E-state index in [1.54, 1.807) is 31.5 Å². The van der Waals surface area contributed by atoms with Crippen LogP contribution in [0.25, 0.3) is 0 Å². The zero-order chi connectivity index (χ0) is 19.7. The first-order valence-electron chi connectivity index (χ1n) is 9.30. The van der Waals surface area contributed by atoms with E-state index in [9.17, 15) is 9.59 Å². The number of urea groups is 1. The summed E-state index contributed by atoms with van der Waals surface area (Å²) >= 11 is 0. The summed E-state index contributed by atoms with van der Waals surface area (Å²) in [5.41, 5.74) is 0.212. The normalized spacial score (nSPS) is 18.9. The molecule has 1 aromatic heterocycles. The minimum Gasteiger partial charge on any atom is -0.494 e. The minimum atomic E-state index is -0.801. The Labute approximate surface area is 163 Å². The highest BCUT2D eigenvalue weighted by atomic mass is 16.5. The Hall–Kier alpha value is -3.16. The highest BCUT2D eigenvalue weighted by Gasteiger charge is 2.56. The average molecular weight is 381 g/mol. The number of nitrogens with zero attached hydrogens (tertiary/aromatic N) is 5. The third-order valence-corrected chi connectivity index (χ3v) is 5.64. The van der Waals surface area contributed by atoms with Crippen LogP contribution < -0.4 is 9.64 Å². The number of methoxy groups -OCH3 is 1. The molecule has 8 nitrogen and oxygen atoms in total. The van der Waals surface area contributed by atoms with Crippen LogP contribution in [0.2, 0.25) is 0 Å². The number of carbonyl (C=O) groups is 2. The first-order chi connectivity index (χ1) is 13.5. The Kier molecular flexibility index (Phi) is 4.62. The number of rotatable bonds is 4. The number of carbonyl (C=O) groups excluding carboxylic acids is 2. The standard InChI is InChI=1S/C20H23N5O3/c1-23-17(26)20(25(19(23)27)14-15-6-4-3-5-7-15)8-10-24(11-9-20)18-21-12-16(28-2)13-22-18/h3-7,12-13H,8-11,14H2,1-2H3. The van der Waals surface area contributed by atoms with Crippen LogP contribution in [-0.4, -0.2) is 64.5 Å². The molecule has 2 aliphatic rings. The van der Waals surface area contributed by atoms with Crippen molar-refractivity contribution in [1.82, 2.24) is 19.8 Å². The fourth-order valence-electron chi connectivity index (χ4n) is 4.00. The third kappa shape index (κ3) is 2.94. The first kappa shape index (κ1) is 18.2. The Morgan fingerprint density at radius 1 is 1.07 bits per heavy atom. The smallest absolute Gasteiger partial charge is 0.327 e. The number of hydrogen-bond donors (Lipinski definition) is 0. The molecule has 28 heavy (non-hydrogen) atoms. The van der Waals surface area contributed by atoms with E-state index in [0.29, 0.717) is 44.2 Å². The van der Waals surface area contributed by atoms with Crippen molar-refractivity contribution in [1.29, 1.82) is 0 Å². The van der Waals surface area contributed by atoms with E-state index < -0.39 is 5.54 Å². The SMILES string of the molecule is COc1cnc(N2CCC3(CC2)C(=O)N(C)C(=O)N3Cc2ccccc2)nc1. The van der Waals surface area contributed by atoms with Crippen molar-refractivity contribution < 1.29 is 14.3 Å². The Morgan fingerprint density at radius 2 is 1.71 bits per heavy atom. The number of imide groups is 1. The van der Waals surface area contributed by atoms with Gasteiger partial charge >= 0.3 is 6.03 Å². The molecule has 8 heteroatoms. The van der Waals surface area contributed by atoms with Crippen molar-refractivity contribution >= 4 is 17.9 Å². The molecule has 2 fully saturated rings. The van der Waals surface area contributed by atoms with Crippen LogP contribution in [0.3, 0.4) is 0 Å². The summed E-state index contributed by atoms with van der Waals surface area (Å²) in [6.07, 6.45) is 4.35. The maximum Gasteiger partial charge on any atom is 0.327 e. The number of benzene rings is 1. The lowest BCUT2D eigenvalue weighted by Gasteiger charge is -2.42. The van der Waals surface area contributed by atoms with Gasteiger partial charge in [-0.2, -0.15) is 0 Å². The summed E-state index contributed by atoms with van der Waals surface area (Å²) < 4.78 is 5.10. The molecule has 1 aromatic carbocycles. The van der Waals surface area contributed by atoms with E-state index in [1.165, 1.54) is 4.90 Å². The molecule has 2 aromatic rings. The summed E-state index contributed by atoms with van der Waals surface area (Å²) in [7, 11) is 3.14. The molecule has 0 radical (unpaired) electrons. The van der Waals surface area contributed by atoms with Crippen LogP contribution in [-0.2, 0) is 11.3 Å². The van der Waals surface area contributed by atoms with Gasteiger partial charge in [-0.1, -0.05) is 30.3 Å². The fourth-order valence-corrected chi connectivity index (χ4v) is 4.00. The number of ether oxygens (including phenoxy) is 1. The van der Waals surface area contributed by atoms with Crippen molar-refractivity contribution in [3.63, 3.8) is 0 Å². The van der Waals surface area contributed by atoms with E-state index in [-0.39, 0.29) is 11.9 Å². The molecule has 146 valence electrons. The number of aromatic nitrogens is 2. The van der Waals surface area contributed by atoms with Crippen molar-refractivity contribution in [3.05, 3.63) is 48.3 Å². The maximum atomic E-state index is 13.0. The van der Waals surface area contributed by atoms with Crippen LogP contribution in [0, 0.1) is 0 Å². The third-order valence-electron chi connectivity index (χ3n) is 5.64. The van der Waals surface area contributed by atoms with E-state index in [1.807, 2.05) is 35.2 Å². The van der Waals surface area contributed by atoms with Crippen molar-refractivity contribution in [2.24, 2.45) is 0 Å². The van der Waals surface area contributed by atoms with Crippen LogP contribution in [0.1, 0.15) is 18.4 Å². The van der Waals surface area contributed by atoms with Gasteiger partial charge in [0.2, 0.25) is 5.95 Å². The van der Waals surface area contributed by atoms with Crippen LogP contribution in [0.4, 0.5) is 10.7 Å². The topological polar surface area (TPSA) is 78.9 Å². The Morgan fingerprint density at radius 3 is 2.32 bits per heavy atom. The highest BCUT2D eigenvalue weighted by Crippen LogP contribution is 2.38. The van der Waals surface area contributed by atoms with E-state index in [0.717, 1.165) is 5.56 Å². The summed E-state index contributed by atoms with van der Waals surface area (Å²) in [5.74, 6) is 1.09. The van der Waals surface area contributed by atoms with Crippen LogP contribution in [0.15, 0.2) is 42.7 Å². The number of amides is 3. The summed E-state index contributed by atoms with van der Waals surface area (Å²) in [4.78, 5) is 39.5. The lowest BCUT2D eigenvalue weighted by atomic mass is 9.85. The Balaban J connectivity index is 1.55. The van der Waals surface area contributed by atoms with Gasteiger partial charge in [-0.25, -0.2) is 14.8 Å². The molecule has 2 saturated heterocycles. The second-order valence-electron chi connectivity index (χ2n) is 7.16. The molecule has 0 N–H and O–H groups in total. The van der Waals surface area contributed by atoms with Crippen LogP contribution in [0.5, 0.6) is 5.75 Å². The molecule has 3 amide bonds. The van der Waals surface area contributed by atoms with Gasteiger partial charge in [-0.15, -0.1) is 0 Å². The van der Waals surface area contributed by atoms with Crippen LogP contribution >= 0.6 is 0 Å². The molecule has 0 saturated carbocycles. The van der Waals surface area contributed by atoms with Gasteiger partial charge in [0, 0.05) is 26.7 Å². The van der Waals surface area contributed by atoms with E-state index in [2.05, 4.69) is 9.97 Å². The number of anilines is 1. The zero-order valence-electron chi connectivity index (χ0n) is 16.0. The van der Waals surface area contributed by atoms with Crippen molar-refractivity contribution in [2.75, 3.05) is 32.1 Å². The quantitative estimate of drug-likeness (QED) is 0.753. The van der Waals surface area contributed by atoms with Crippen molar-refractivity contribution in [3.8, 4) is 5.75 Å². The molecule has 1 spiro atoms. The number of hydrogen-bond acceptors (Lipinski definition) is 6. The summed E-state index contributed by atoms with van der Waals surface area (Å²) in [6.45, 7) is 1.63. The highest BCUT2D eigenvalue weighted by molar-refractivity contribution is 6.06. The van der Waals surface area contributed by atoms with Crippen molar-refractivity contribution in [2.45, 2.75) is 24.9 Å². The van der Waals surface area contributed by atoms with Gasteiger partial charge in [0.05, 0.1) is 19.5 Å². The summed E-state index contributed by atoms with van der Waals surface area (Å²) in [5, 5.41) is 0. The molecule has 4 rings (SSSR count).